The summed E-state index contributed by atoms with van der Waals surface area (Å²) in [6.45, 7) is -0.296. The monoisotopic (exact) mass is 389 g/mol. The van der Waals surface area contributed by atoms with Crippen molar-refractivity contribution < 1.29 is 22.7 Å². The number of carbonyl (C=O) groups excluding carboxylic acids is 1. The lowest BCUT2D eigenvalue weighted by atomic mass is 10.1. The van der Waals surface area contributed by atoms with Crippen molar-refractivity contribution in [2.24, 2.45) is 0 Å². The second-order valence-corrected chi connectivity index (χ2v) is 5.78. The summed E-state index contributed by atoms with van der Waals surface area (Å²) in [6, 6.07) is 14.1. The van der Waals surface area contributed by atoms with Crippen molar-refractivity contribution in [1.29, 1.82) is 0 Å². The van der Waals surface area contributed by atoms with Crippen LogP contribution in [-0.4, -0.2) is 16.3 Å². The highest BCUT2D eigenvalue weighted by molar-refractivity contribution is 5.85. The van der Waals surface area contributed by atoms with Gasteiger partial charge in [0, 0.05) is 17.3 Å². The van der Waals surface area contributed by atoms with Crippen LogP contribution >= 0.6 is 0 Å². The average molecular weight is 389 g/mol. The van der Waals surface area contributed by atoms with Gasteiger partial charge in [-0.05, 0) is 35.9 Å². The number of H-pyrrole nitrogens is 1. The van der Waals surface area contributed by atoms with Crippen LogP contribution in [0.15, 0.2) is 65.5 Å². The van der Waals surface area contributed by atoms with E-state index in [0.29, 0.717) is 11.4 Å². The van der Waals surface area contributed by atoms with Crippen LogP contribution in [0.25, 0.3) is 11.3 Å². The number of halogens is 3. The second-order valence-electron chi connectivity index (χ2n) is 5.78. The molecule has 2 N–H and O–H groups in total. The van der Waals surface area contributed by atoms with Crippen LogP contribution in [0.1, 0.15) is 11.1 Å². The normalized spacial score (nSPS) is 11.1. The Hall–Kier alpha value is -3.62. The molecule has 3 rings (SSSR count). The number of alkyl halides is 3. The zero-order chi connectivity index (χ0) is 20.1. The molecule has 0 atom stereocenters. The van der Waals surface area contributed by atoms with Crippen LogP contribution in [0.4, 0.5) is 23.7 Å². The lowest BCUT2D eigenvalue weighted by molar-refractivity contribution is -0.137. The van der Waals surface area contributed by atoms with Gasteiger partial charge in [0.1, 0.15) is 6.61 Å². The van der Waals surface area contributed by atoms with Crippen LogP contribution < -0.4 is 10.9 Å². The molecule has 0 saturated carbocycles. The van der Waals surface area contributed by atoms with Crippen molar-refractivity contribution in [1.82, 2.24) is 10.2 Å². The van der Waals surface area contributed by atoms with Gasteiger partial charge in [-0.15, -0.1) is 0 Å². The summed E-state index contributed by atoms with van der Waals surface area (Å²) >= 11 is 0. The molecule has 144 valence electrons. The Morgan fingerprint density at radius 2 is 1.82 bits per heavy atom. The summed E-state index contributed by atoms with van der Waals surface area (Å²) in [5.41, 5.74) is 0.815. The summed E-state index contributed by atoms with van der Waals surface area (Å²) in [4.78, 5) is 22.9. The molecule has 6 nitrogen and oxygen atoms in total. The number of benzene rings is 2. The number of aromatic nitrogens is 2. The lowest BCUT2D eigenvalue weighted by Crippen LogP contribution is -2.14. The first-order chi connectivity index (χ1) is 13.3. The molecule has 0 bridgehead atoms. The van der Waals surface area contributed by atoms with Crippen molar-refractivity contribution in [3.8, 4) is 11.3 Å². The van der Waals surface area contributed by atoms with Gasteiger partial charge in [0.15, 0.2) is 0 Å². The smallest absolute Gasteiger partial charge is 0.416 e. The van der Waals surface area contributed by atoms with Crippen LogP contribution in [-0.2, 0) is 17.5 Å². The molecule has 0 unspecified atom stereocenters. The van der Waals surface area contributed by atoms with Crippen LogP contribution in [0.5, 0.6) is 0 Å². The van der Waals surface area contributed by atoms with Crippen molar-refractivity contribution in [2.45, 2.75) is 12.8 Å². The van der Waals surface area contributed by atoms with Gasteiger partial charge in [0.2, 0.25) is 0 Å². The highest BCUT2D eigenvalue weighted by atomic mass is 19.4. The molecular formula is C19H14F3N3O3. The number of hydrogen-bond donors (Lipinski definition) is 2. The number of hydrogen-bond acceptors (Lipinski definition) is 4. The summed E-state index contributed by atoms with van der Waals surface area (Å²) in [5, 5.41) is 8.71. The van der Waals surface area contributed by atoms with Gasteiger partial charge < -0.3 is 4.74 Å². The number of ether oxygens (including phenoxy) is 1. The SMILES string of the molecule is O=C(Nc1ccc(-c2ccc(=O)[nH]n2)cc1)OCc1cccc(C(F)(F)F)c1. The highest BCUT2D eigenvalue weighted by Crippen LogP contribution is 2.29. The summed E-state index contributed by atoms with van der Waals surface area (Å²) in [5.74, 6) is 0. The molecule has 3 aromatic rings. The second kappa shape index (κ2) is 7.95. The van der Waals surface area contributed by atoms with Gasteiger partial charge in [0.05, 0.1) is 11.3 Å². The molecular weight excluding hydrogens is 375 g/mol. The fourth-order valence-electron chi connectivity index (χ4n) is 2.37. The Balaban J connectivity index is 1.58. The van der Waals surface area contributed by atoms with E-state index < -0.39 is 17.8 Å². The fourth-order valence-corrected chi connectivity index (χ4v) is 2.37. The standard InChI is InChI=1S/C19H14F3N3O3/c20-19(21,22)14-3-1-2-12(10-14)11-28-18(27)23-15-6-4-13(5-7-15)16-8-9-17(26)25-24-16/h1-10H,11H2,(H,23,27)(H,25,26). The molecule has 9 heteroatoms. The number of rotatable bonds is 4. The quantitative estimate of drug-likeness (QED) is 0.700. The maximum absolute atomic E-state index is 12.7. The van der Waals surface area contributed by atoms with E-state index in [4.69, 9.17) is 4.74 Å². The molecule has 1 amide bonds. The third-order valence-electron chi connectivity index (χ3n) is 3.73. The number of nitrogens with one attached hydrogen (secondary N) is 2. The molecule has 0 aliphatic rings. The van der Waals surface area contributed by atoms with Crippen molar-refractivity contribution in [3.05, 3.63) is 82.1 Å². The molecule has 0 aliphatic carbocycles. The van der Waals surface area contributed by atoms with E-state index in [-0.39, 0.29) is 17.7 Å². The first-order valence-electron chi connectivity index (χ1n) is 8.07. The minimum Gasteiger partial charge on any atom is -0.444 e. The summed E-state index contributed by atoms with van der Waals surface area (Å²) in [6.07, 6.45) is -5.26. The van der Waals surface area contributed by atoms with Gasteiger partial charge in [-0.3, -0.25) is 10.1 Å². The molecule has 1 aromatic heterocycles. The van der Waals surface area contributed by atoms with E-state index in [1.807, 2.05) is 0 Å². The van der Waals surface area contributed by atoms with E-state index >= 15 is 0 Å². The number of aromatic amines is 1. The molecule has 0 spiro atoms. The first kappa shape index (κ1) is 19.2. The van der Waals surface area contributed by atoms with Crippen LogP contribution in [0.2, 0.25) is 0 Å². The number of carbonyl (C=O) groups is 1. The zero-order valence-electron chi connectivity index (χ0n) is 14.3. The minimum absolute atomic E-state index is 0.226. The number of anilines is 1. The van der Waals surface area contributed by atoms with Gasteiger partial charge in [-0.1, -0.05) is 24.3 Å². The summed E-state index contributed by atoms with van der Waals surface area (Å²) in [7, 11) is 0. The van der Waals surface area contributed by atoms with Crippen molar-refractivity contribution in [3.63, 3.8) is 0 Å². The van der Waals surface area contributed by atoms with E-state index in [2.05, 4.69) is 15.5 Å². The van der Waals surface area contributed by atoms with Crippen molar-refractivity contribution in [2.75, 3.05) is 5.32 Å². The predicted octanol–water partition coefficient (Wildman–Crippen LogP) is 4.20. The van der Waals surface area contributed by atoms with Crippen LogP contribution in [0.3, 0.4) is 0 Å². The van der Waals surface area contributed by atoms with Gasteiger partial charge >= 0.3 is 12.3 Å². The Kier molecular flexibility index (Phi) is 5.44. The maximum Gasteiger partial charge on any atom is 0.416 e. The molecule has 1 heterocycles. The van der Waals surface area contributed by atoms with E-state index in [1.165, 1.54) is 18.2 Å². The Labute approximate surface area is 157 Å². The van der Waals surface area contributed by atoms with Gasteiger partial charge in [-0.2, -0.15) is 18.3 Å². The molecule has 2 aromatic carbocycles. The third kappa shape index (κ3) is 4.97. The Morgan fingerprint density at radius 1 is 1.07 bits per heavy atom. The molecule has 0 aliphatic heterocycles. The molecule has 0 fully saturated rings. The topological polar surface area (TPSA) is 84.1 Å². The van der Waals surface area contributed by atoms with E-state index in [1.54, 1.807) is 30.3 Å². The molecule has 28 heavy (non-hydrogen) atoms. The zero-order valence-corrected chi connectivity index (χ0v) is 14.3. The Morgan fingerprint density at radius 3 is 2.46 bits per heavy atom. The predicted molar refractivity (Wildman–Crippen MR) is 95.5 cm³/mol. The average Bonchev–Trinajstić information content (AvgIpc) is 2.67. The lowest BCUT2D eigenvalue weighted by Gasteiger charge is -2.10. The third-order valence-corrected chi connectivity index (χ3v) is 3.73. The van der Waals surface area contributed by atoms with E-state index in [9.17, 15) is 22.8 Å². The highest BCUT2D eigenvalue weighted by Gasteiger charge is 2.30. The van der Waals surface area contributed by atoms with Crippen molar-refractivity contribution >= 4 is 11.8 Å². The Bertz CT molecular complexity index is 1010. The molecule has 0 radical (unpaired) electrons. The molecule has 0 saturated heterocycles. The number of nitrogens with zero attached hydrogens (tertiary/aromatic N) is 1. The van der Waals surface area contributed by atoms with E-state index in [0.717, 1.165) is 17.7 Å². The first-order valence-corrected chi connectivity index (χ1v) is 8.07. The maximum atomic E-state index is 12.7. The fraction of sp³-hybridized carbons (Fsp3) is 0.105. The minimum atomic E-state index is -4.46. The van der Waals surface area contributed by atoms with Crippen LogP contribution in [0, 0.1) is 0 Å². The van der Waals surface area contributed by atoms with Gasteiger partial charge in [-0.25, -0.2) is 9.89 Å². The summed E-state index contributed by atoms with van der Waals surface area (Å²) < 4.78 is 43.0. The van der Waals surface area contributed by atoms with Gasteiger partial charge in [0.25, 0.3) is 5.56 Å². The number of amides is 1. The largest absolute Gasteiger partial charge is 0.444 e.